The predicted molar refractivity (Wildman–Crippen MR) is 96.1 cm³/mol. The van der Waals surface area contributed by atoms with E-state index >= 15 is 0 Å². The Morgan fingerprint density at radius 1 is 1.15 bits per heavy atom. The average Bonchev–Trinajstić information content (AvgIpc) is 2.60. The highest BCUT2D eigenvalue weighted by atomic mass is 19.4. The minimum absolute atomic E-state index is 0.388. The normalized spacial score (nSPS) is 18.8. The molecule has 7 heteroatoms. The van der Waals surface area contributed by atoms with Crippen LogP contribution in [0.2, 0.25) is 0 Å². The first-order valence-electron chi connectivity index (χ1n) is 8.69. The summed E-state index contributed by atoms with van der Waals surface area (Å²) in [5, 5.41) is 8.61. The molecule has 1 aromatic carbocycles. The molecule has 1 aromatic heterocycles. The van der Waals surface area contributed by atoms with E-state index in [0.29, 0.717) is 17.3 Å². The summed E-state index contributed by atoms with van der Waals surface area (Å²) in [6.45, 7) is 4.01. The Labute approximate surface area is 151 Å². The van der Waals surface area contributed by atoms with Crippen molar-refractivity contribution in [2.75, 3.05) is 32.1 Å². The molecule has 1 atom stereocenters. The quantitative estimate of drug-likeness (QED) is 0.824. The van der Waals surface area contributed by atoms with Gasteiger partial charge in [-0.3, -0.25) is 0 Å². The summed E-state index contributed by atoms with van der Waals surface area (Å²) < 4.78 is 38.1. The lowest BCUT2D eigenvalue weighted by molar-refractivity contribution is -0.137. The zero-order chi connectivity index (χ0) is 18.9. The Morgan fingerprint density at radius 3 is 2.42 bits per heavy atom. The van der Waals surface area contributed by atoms with Crippen molar-refractivity contribution in [2.24, 2.45) is 0 Å². The van der Waals surface area contributed by atoms with Crippen LogP contribution in [0, 0.1) is 6.92 Å². The molecule has 140 valence electrons. The molecule has 0 spiro atoms. The smallest absolute Gasteiger partial charge is 0.354 e. The van der Waals surface area contributed by atoms with Crippen LogP contribution >= 0.6 is 0 Å². The highest BCUT2D eigenvalue weighted by Gasteiger charge is 2.30. The maximum absolute atomic E-state index is 12.7. The van der Waals surface area contributed by atoms with Gasteiger partial charge in [0.1, 0.15) is 0 Å². The monoisotopic (exact) mass is 364 g/mol. The molecule has 0 N–H and O–H groups in total. The number of rotatable bonds is 3. The van der Waals surface area contributed by atoms with Gasteiger partial charge in [0.25, 0.3) is 0 Å². The maximum atomic E-state index is 12.7. The van der Waals surface area contributed by atoms with Gasteiger partial charge in [0, 0.05) is 25.2 Å². The molecule has 2 aromatic rings. The zero-order valence-electron chi connectivity index (χ0n) is 15.2. The first kappa shape index (κ1) is 18.6. The molecule has 0 bridgehead atoms. The van der Waals surface area contributed by atoms with E-state index in [1.54, 1.807) is 0 Å². The lowest BCUT2D eigenvalue weighted by atomic mass is 10.0. The Hall–Kier alpha value is -2.15. The van der Waals surface area contributed by atoms with Crippen LogP contribution in [0.25, 0.3) is 11.3 Å². The van der Waals surface area contributed by atoms with E-state index in [-0.39, 0.29) is 0 Å². The van der Waals surface area contributed by atoms with Crippen molar-refractivity contribution in [3.63, 3.8) is 0 Å². The van der Waals surface area contributed by atoms with Crippen LogP contribution in [-0.2, 0) is 6.18 Å². The number of aryl methyl sites for hydroxylation is 1. The summed E-state index contributed by atoms with van der Waals surface area (Å²) in [5.74, 6) is 0.790. The minimum Gasteiger partial charge on any atom is -0.354 e. The number of alkyl halides is 3. The van der Waals surface area contributed by atoms with Gasteiger partial charge in [0.15, 0.2) is 5.82 Å². The van der Waals surface area contributed by atoms with Gasteiger partial charge in [0.2, 0.25) is 0 Å². The third kappa shape index (κ3) is 3.98. The van der Waals surface area contributed by atoms with Gasteiger partial charge in [0.05, 0.1) is 11.3 Å². The van der Waals surface area contributed by atoms with Crippen LogP contribution in [0.1, 0.15) is 24.0 Å². The molecular formula is C19H23F3N4. The van der Waals surface area contributed by atoms with Gasteiger partial charge < -0.3 is 9.80 Å². The van der Waals surface area contributed by atoms with E-state index in [1.807, 2.05) is 20.0 Å². The molecule has 3 rings (SSSR count). The third-order valence-electron chi connectivity index (χ3n) is 4.97. The summed E-state index contributed by atoms with van der Waals surface area (Å²) >= 11 is 0. The topological polar surface area (TPSA) is 32.3 Å². The van der Waals surface area contributed by atoms with Gasteiger partial charge in [-0.25, -0.2) is 0 Å². The molecule has 1 aliphatic rings. The minimum atomic E-state index is -4.33. The second-order valence-corrected chi connectivity index (χ2v) is 6.98. The standard InChI is InChI=1S/C19H23F3N4/c1-13-11-17(26(3)16-5-4-10-25(2)12-16)23-24-18(13)14-6-8-15(9-7-14)19(20,21)22/h6-9,11,16H,4-5,10,12H2,1-3H3/t16-/m1/s1. The zero-order valence-corrected chi connectivity index (χ0v) is 15.2. The molecule has 1 saturated heterocycles. The van der Waals surface area contributed by atoms with Crippen LogP contribution in [-0.4, -0.2) is 48.3 Å². The van der Waals surface area contributed by atoms with Gasteiger partial charge in [-0.2, -0.15) is 13.2 Å². The summed E-state index contributed by atoms with van der Waals surface area (Å²) in [7, 11) is 4.13. The van der Waals surface area contributed by atoms with Crippen LogP contribution in [0.3, 0.4) is 0 Å². The summed E-state index contributed by atoms with van der Waals surface area (Å²) in [6, 6.07) is 7.38. The molecule has 0 aliphatic carbocycles. The fraction of sp³-hybridized carbons (Fsp3) is 0.474. The number of likely N-dealkylation sites (N-methyl/N-ethyl adjacent to an activating group) is 2. The van der Waals surface area contributed by atoms with Gasteiger partial charge in [-0.15, -0.1) is 10.2 Å². The van der Waals surface area contributed by atoms with Crippen LogP contribution in [0.15, 0.2) is 30.3 Å². The van der Waals surface area contributed by atoms with Crippen LogP contribution in [0.4, 0.5) is 19.0 Å². The van der Waals surface area contributed by atoms with Crippen molar-refractivity contribution in [3.8, 4) is 11.3 Å². The lowest BCUT2D eigenvalue weighted by Gasteiger charge is -2.36. The molecule has 0 saturated carbocycles. The van der Waals surface area contributed by atoms with E-state index in [9.17, 15) is 13.2 Å². The molecule has 1 fully saturated rings. The van der Waals surface area contributed by atoms with Crippen molar-refractivity contribution in [3.05, 3.63) is 41.5 Å². The van der Waals surface area contributed by atoms with Crippen LogP contribution < -0.4 is 4.90 Å². The molecule has 2 heterocycles. The van der Waals surface area contributed by atoms with Crippen molar-refractivity contribution in [2.45, 2.75) is 32.0 Å². The molecule has 0 unspecified atom stereocenters. The second-order valence-electron chi connectivity index (χ2n) is 6.98. The SMILES string of the molecule is Cc1cc(N(C)[C@@H]2CCCN(C)C2)nnc1-c1ccc(C(F)(F)F)cc1. The maximum Gasteiger partial charge on any atom is 0.416 e. The Bertz CT molecular complexity index is 758. The Morgan fingerprint density at radius 2 is 1.85 bits per heavy atom. The van der Waals surface area contributed by atoms with E-state index in [2.05, 4.69) is 27.0 Å². The number of aromatic nitrogens is 2. The fourth-order valence-corrected chi connectivity index (χ4v) is 3.39. The number of anilines is 1. The van der Waals surface area contributed by atoms with E-state index in [0.717, 1.165) is 49.4 Å². The number of piperidine rings is 1. The van der Waals surface area contributed by atoms with E-state index in [4.69, 9.17) is 0 Å². The molecule has 0 radical (unpaired) electrons. The number of benzene rings is 1. The number of nitrogens with zero attached hydrogens (tertiary/aromatic N) is 4. The van der Waals surface area contributed by atoms with E-state index in [1.165, 1.54) is 12.1 Å². The number of hydrogen-bond donors (Lipinski definition) is 0. The summed E-state index contributed by atoms with van der Waals surface area (Å²) in [5.41, 5.74) is 1.47. The van der Waals surface area contributed by atoms with Crippen molar-refractivity contribution in [1.82, 2.24) is 15.1 Å². The predicted octanol–water partition coefficient (Wildman–Crippen LogP) is 4.00. The summed E-state index contributed by atoms with van der Waals surface area (Å²) in [6.07, 6.45) is -2.07. The molecular weight excluding hydrogens is 341 g/mol. The molecule has 0 amide bonds. The highest BCUT2D eigenvalue weighted by Crippen LogP contribution is 2.31. The molecule has 1 aliphatic heterocycles. The van der Waals surface area contributed by atoms with Crippen LogP contribution in [0.5, 0.6) is 0 Å². The van der Waals surface area contributed by atoms with Crippen molar-refractivity contribution < 1.29 is 13.2 Å². The fourth-order valence-electron chi connectivity index (χ4n) is 3.39. The van der Waals surface area contributed by atoms with Gasteiger partial charge in [-0.1, -0.05) is 12.1 Å². The average molecular weight is 364 g/mol. The first-order chi connectivity index (χ1) is 12.3. The van der Waals surface area contributed by atoms with Crippen molar-refractivity contribution in [1.29, 1.82) is 0 Å². The second kappa shape index (κ2) is 7.23. The number of likely N-dealkylation sites (tertiary alicyclic amines) is 1. The number of hydrogen-bond acceptors (Lipinski definition) is 4. The van der Waals surface area contributed by atoms with Gasteiger partial charge >= 0.3 is 6.18 Å². The third-order valence-corrected chi connectivity index (χ3v) is 4.97. The molecule has 4 nitrogen and oxygen atoms in total. The summed E-state index contributed by atoms with van der Waals surface area (Å²) in [4.78, 5) is 4.45. The Balaban J connectivity index is 1.81. The largest absolute Gasteiger partial charge is 0.416 e. The Kier molecular flexibility index (Phi) is 5.18. The first-order valence-corrected chi connectivity index (χ1v) is 8.69. The highest BCUT2D eigenvalue weighted by molar-refractivity contribution is 5.64. The van der Waals surface area contributed by atoms with Crippen molar-refractivity contribution >= 4 is 5.82 Å². The lowest BCUT2D eigenvalue weighted by Crippen LogP contribution is -2.45. The number of halogens is 3. The van der Waals surface area contributed by atoms with E-state index < -0.39 is 11.7 Å². The van der Waals surface area contributed by atoms with Gasteiger partial charge in [-0.05, 0) is 57.1 Å². The molecule has 26 heavy (non-hydrogen) atoms.